The van der Waals surface area contributed by atoms with E-state index in [-0.39, 0.29) is 10.8 Å². The summed E-state index contributed by atoms with van der Waals surface area (Å²) in [6.45, 7) is 4.76. The first-order chi connectivity index (χ1) is 27.9. The number of thiophene rings is 1. The van der Waals surface area contributed by atoms with E-state index in [4.69, 9.17) is 0 Å². The molecule has 14 rings (SSSR count). The van der Waals surface area contributed by atoms with Gasteiger partial charge in [-0.25, -0.2) is 0 Å². The van der Waals surface area contributed by atoms with E-state index in [0.717, 1.165) is 23.7 Å². The lowest BCUT2D eigenvalue weighted by molar-refractivity contribution is -0.0399. The van der Waals surface area contributed by atoms with Crippen LogP contribution in [0.25, 0.3) is 53.6 Å². The van der Waals surface area contributed by atoms with Gasteiger partial charge in [0.05, 0.1) is 0 Å². The first-order valence-electron chi connectivity index (χ1n) is 21.3. The van der Waals surface area contributed by atoms with Crippen molar-refractivity contribution in [3.63, 3.8) is 0 Å². The van der Waals surface area contributed by atoms with Gasteiger partial charge in [0.2, 0.25) is 0 Å². The second-order valence-electron chi connectivity index (χ2n) is 18.5. The molecule has 8 aromatic rings. The molecule has 0 aliphatic heterocycles. The molecule has 276 valence electrons. The summed E-state index contributed by atoms with van der Waals surface area (Å²) < 4.78 is 2.66. The fraction of sp³-hybridized carbons (Fsp3) is 0.236. The highest BCUT2D eigenvalue weighted by atomic mass is 32.1. The first kappa shape index (κ1) is 32.6. The molecule has 1 aromatic heterocycles. The van der Waals surface area contributed by atoms with Gasteiger partial charge in [0.15, 0.2) is 0 Å². The van der Waals surface area contributed by atoms with E-state index in [2.05, 4.69) is 170 Å². The van der Waals surface area contributed by atoms with Gasteiger partial charge in [-0.15, -0.1) is 11.3 Å². The van der Waals surface area contributed by atoms with Crippen LogP contribution in [0.4, 0.5) is 17.1 Å². The molecule has 7 aromatic carbocycles. The van der Waals surface area contributed by atoms with E-state index < -0.39 is 0 Å². The Labute approximate surface area is 339 Å². The van der Waals surface area contributed by atoms with E-state index in [1.165, 1.54) is 114 Å². The number of benzene rings is 7. The van der Waals surface area contributed by atoms with Crippen LogP contribution in [0.1, 0.15) is 68.2 Å². The van der Waals surface area contributed by atoms with Crippen LogP contribution in [0.2, 0.25) is 0 Å². The predicted octanol–water partition coefficient (Wildman–Crippen LogP) is 15.2. The largest absolute Gasteiger partial charge is 0.310 e. The summed E-state index contributed by atoms with van der Waals surface area (Å²) in [7, 11) is 0. The minimum Gasteiger partial charge on any atom is -0.310 e. The molecule has 1 heterocycles. The van der Waals surface area contributed by atoms with Gasteiger partial charge in [0.1, 0.15) is 0 Å². The smallest absolute Gasteiger partial charge is 0.0476 e. The van der Waals surface area contributed by atoms with Crippen molar-refractivity contribution >= 4 is 48.6 Å². The van der Waals surface area contributed by atoms with Crippen molar-refractivity contribution in [2.75, 3.05) is 4.90 Å². The number of fused-ring (bicyclic) bond motifs is 9. The van der Waals surface area contributed by atoms with Crippen LogP contribution in [0, 0.1) is 23.7 Å². The minimum absolute atomic E-state index is 0.0751. The maximum atomic E-state index is 2.55. The number of nitrogens with zero attached hydrogens (tertiary/aromatic N) is 1. The van der Waals surface area contributed by atoms with Crippen LogP contribution in [0.5, 0.6) is 0 Å². The third-order valence-electron chi connectivity index (χ3n) is 15.5. The molecular weight excluding hydrogens is 707 g/mol. The van der Waals surface area contributed by atoms with Gasteiger partial charge in [0, 0.05) is 48.1 Å². The van der Waals surface area contributed by atoms with Crippen LogP contribution in [0.3, 0.4) is 0 Å². The summed E-state index contributed by atoms with van der Waals surface area (Å²) in [5, 5.41) is 2.66. The summed E-state index contributed by atoms with van der Waals surface area (Å²) in [6.07, 6.45) is 7.17. The Morgan fingerprint density at radius 1 is 0.439 bits per heavy atom. The van der Waals surface area contributed by atoms with Crippen molar-refractivity contribution in [3.05, 3.63) is 174 Å². The lowest BCUT2D eigenvalue weighted by atomic mass is 9.43. The van der Waals surface area contributed by atoms with Crippen molar-refractivity contribution in [1.29, 1.82) is 0 Å². The van der Waals surface area contributed by atoms with Crippen LogP contribution < -0.4 is 4.90 Å². The Bertz CT molecular complexity index is 2930. The lowest BCUT2D eigenvalue weighted by Crippen LogP contribution is -2.55. The molecule has 0 radical (unpaired) electrons. The summed E-state index contributed by atoms with van der Waals surface area (Å²) in [5.41, 5.74) is 18.0. The zero-order chi connectivity index (χ0) is 37.6. The normalized spacial score (nSPS) is 24.2. The fourth-order valence-corrected chi connectivity index (χ4v) is 14.4. The molecule has 1 spiro atoms. The number of hydrogen-bond acceptors (Lipinski definition) is 2. The summed E-state index contributed by atoms with van der Waals surface area (Å²) in [6, 6.07) is 58.4. The molecule has 0 saturated heterocycles. The van der Waals surface area contributed by atoms with Gasteiger partial charge in [0.25, 0.3) is 0 Å². The number of hydrogen-bond donors (Lipinski definition) is 0. The van der Waals surface area contributed by atoms with E-state index in [0.29, 0.717) is 0 Å². The highest BCUT2D eigenvalue weighted by molar-refractivity contribution is 7.25. The lowest BCUT2D eigenvalue weighted by Gasteiger charge is -2.61. The molecule has 4 bridgehead atoms. The molecule has 0 N–H and O–H groups in total. The van der Waals surface area contributed by atoms with Gasteiger partial charge in [-0.05, 0) is 160 Å². The Morgan fingerprint density at radius 2 is 1.02 bits per heavy atom. The van der Waals surface area contributed by atoms with Crippen LogP contribution in [-0.2, 0) is 10.8 Å². The zero-order valence-corrected chi connectivity index (χ0v) is 33.5. The summed E-state index contributed by atoms with van der Waals surface area (Å²) in [4.78, 5) is 2.47. The molecule has 6 aliphatic carbocycles. The fourth-order valence-electron chi connectivity index (χ4n) is 13.3. The van der Waals surface area contributed by atoms with E-state index in [1.807, 2.05) is 11.3 Å². The molecule has 1 nitrogen and oxygen atoms in total. The molecule has 0 amide bonds. The number of anilines is 3. The Balaban J connectivity index is 0.924. The monoisotopic (exact) mass is 751 g/mol. The topological polar surface area (TPSA) is 3.24 Å². The Hall–Kier alpha value is -5.44. The average Bonchev–Trinajstić information content (AvgIpc) is 3.83. The van der Waals surface area contributed by atoms with Gasteiger partial charge in [-0.1, -0.05) is 117 Å². The van der Waals surface area contributed by atoms with Crippen molar-refractivity contribution in [2.45, 2.75) is 56.8 Å². The molecule has 6 aliphatic rings. The highest BCUT2D eigenvalue weighted by Crippen LogP contribution is 2.69. The maximum Gasteiger partial charge on any atom is 0.0476 e. The van der Waals surface area contributed by atoms with E-state index >= 15 is 0 Å². The standard InChI is InChI=1S/C55H45NS/c1-54(2)48-12-6-3-9-42(48)44-22-20-40(31-51(44)54)56(41-21-23-46-45-11-5-8-14-52(45)57-53(46)32-41)39-18-15-35(16-19-39)36-17-24-50-47(30-36)43-10-4-7-13-49(43)55(50)37-26-33-25-34(28-37)29-38(55)27-33/h3-24,30-34,37-38H,25-29H2,1-2H3. The first-order valence-corrected chi connectivity index (χ1v) is 22.1. The molecule has 0 unspecified atom stereocenters. The quantitative estimate of drug-likeness (QED) is 0.173. The SMILES string of the molecule is CC1(C)c2ccccc2-c2ccc(N(c3ccc(-c4ccc5c(c4)-c4ccccc4C54C5CC6CC(C5)CC4C6)cc3)c3ccc4c(c3)sc3ccccc34)cc21. The van der Waals surface area contributed by atoms with Crippen LogP contribution >= 0.6 is 11.3 Å². The number of rotatable bonds is 4. The molecular formula is C55H45NS. The second-order valence-corrected chi connectivity index (χ2v) is 19.6. The maximum absolute atomic E-state index is 2.55. The van der Waals surface area contributed by atoms with Crippen molar-refractivity contribution < 1.29 is 0 Å². The third kappa shape index (κ3) is 4.40. The van der Waals surface area contributed by atoms with Crippen LogP contribution in [0.15, 0.2) is 152 Å². The summed E-state index contributed by atoms with van der Waals surface area (Å²) >= 11 is 1.89. The van der Waals surface area contributed by atoms with Crippen LogP contribution in [-0.4, -0.2) is 0 Å². The van der Waals surface area contributed by atoms with Gasteiger partial charge < -0.3 is 4.90 Å². The zero-order valence-electron chi connectivity index (χ0n) is 32.6. The highest BCUT2D eigenvalue weighted by Gasteiger charge is 2.61. The van der Waals surface area contributed by atoms with Crippen molar-refractivity contribution in [3.8, 4) is 33.4 Å². The Morgan fingerprint density at radius 3 is 1.81 bits per heavy atom. The summed E-state index contributed by atoms with van der Waals surface area (Å²) in [5.74, 6) is 3.49. The van der Waals surface area contributed by atoms with Gasteiger partial charge in [-0.3, -0.25) is 0 Å². The minimum atomic E-state index is -0.0751. The Kier molecular flexibility index (Phi) is 6.63. The van der Waals surface area contributed by atoms with Gasteiger partial charge in [-0.2, -0.15) is 0 Å². The molecule has 57 heavy (non-hydrogen) atoms. The van der Waals surface area contributed by atoms with Gasteiger partial charge >= 0.3 is 0 Å². The predicted molar refractivity (Wildman–Crippen MR) is 240 cm³/mol. The molecule has 0 atom stereocenters. The van der Waals surface area contributed by atoms with E-state index in [1.54, 1.807) is 11.1 Å². The third-order valence-corrected chi connectivity index (χ3v) is 16.6. The molecule has 4 fully saturated rings. The van der Waals surface area contributed by atoms with E-state index in [9.17, 15) is 0 Å². The second kappa shape index (κ2) is 11.6. The molecule has 4 saturated carbocycles. The molecule has 2 heteroatoms. The van der Waals surface area contributed by atoms with Crippen molar-refractivity contribution in [2.24, 2.45) is 23.7 Å². The average molecular weight is 752 g/mol. The van der Waals surface area contributed by atoms with Crippen molar-refractivity contribution in [1.82, 2.24) is 0 Å².